The molecule has 1 aromatic rings. The first kappa shape index (κ1) is 14.2. The van der Waals surface area contributed by atoms with Gasteiger partial charge in [-0.1, -0.05) is 0 Å². The van der Waals surface area contributed by atoms with Gasteiger partial charge in [-0.15, -0.1) is 0 Å². The second-order valence-corrected chi connectivity index (χ2v) is 5.67. The lowest BCUT2D eigenvalue weighted by Crippen LogP contribution is -2.57. The monoisotopic (exact) mass is 266 g/mol. The maximum Gasteiger partial charge on any atom is 0.141 e. The third kappa shape index (κ3) is 2.72. The first-order chi connectivity index (χ1) is 8.98. The summed E-state index contributed by atoms with van der Waals surface area (Å²) in [6, 6.07) is 1.47. The third-order valence-corrected chi connectivity index (χ3v) is 4.26. The molecule has 2 N–H and O–H groups in total. The first-order valence-corrected chi connectivity index (χ1v) is 6.71. The number of pyridine rings is 1. The molecule has 0 amide bonds. The highest BCUT2D eigenvalue weighted by molar-refractivity contribution is 5.46. The zero-order chi connectivity index (χ0) is 14.0. The predicted octanol–water partition coefficient (Wildman–Crippen LogP) is 1.60. The highest BCUT2D eigenvalue weighted by Gasteiger charge is 2.40. The van der Waals surface area contributed by atoms with Crippen LogP contribution in [-0.4, -0.2) is 43.1 Å². The standard InChI is InChI=1S/C14H23FN4/c1-18(2)14(5-4-6-14)10-19(3)13-11(8-16)7-12(15)9-17-13/h7,9H,4-6,8,10,16H2,1-3H3. The fraction of sp³-hybridized carbons (Fsp3) is 0.643. The van der Waals surface area contributed by atoms with Gasteiger partial charge in [0.05, 0.1) is 6.20 Å². The summed E-state index contributed by atoms with van der Waals surface area (Å²) in [5, 5.41) is 0. The summed E-state index contributed by atoms with van der Waals surface area (Å²) in [5.41, 5.74) is 6.66. The minimum atomic E-state index is -0.330. The SMILES string of the molecule is CN(CC1(N(C)C)CCC1)c1ncc(F)cc1CN. The number of nitrogens with zero attached hydrogens (tertiary/aromatic N) is 3. The van der Waals surface area contributed by atoms with Gasteiger partial charge in [0.1, 0.15) is 11.6 Å². The summed E-state index contributed by atoms with van der Waals surface area (Å²) in [6.07, 6.45) is 4.92. The van der Waals surface area contributed by atoms with E-state index in [-0.39, 0.29) is 11.4 Å². The van der Waals surface area contributed by atoms with E-state index in [1.54, 1.807) is 0 Å². The molecule has 0 unspecified atom stereocenters. The van der Waals surface area contributed by atoms with Gasteiger partial charge in [-0.25, -0.2) is 9.37 Å². The zero-order valence-corrected chi connectivity index (χ0v) is 12.0. The summed E-state index contributed by atoms with van der Waals surface area (Å²) < 4.78 is 13.2. The Morgan fingerprint density at radius 3 is 2.53 bits per heavy atom. The third-order valence-electron chi connectivity index (χ3n) is 4.26. The van der Waals surface area contributed by atoms with E-state index < -0.39 is 0 Å². The van der Waals surface area contributed by atoms with E-state index in [1.807, 2.05) is 7.05 Å². The van der Waals surface area contributed by atoms with Gasteiger partial charge in [0.25, 0.3) is 0 Å². The largest absolute Gasteiger partial charge is 0.358 e. The van der Waals surface area contributed by atoms with Gasteiger partial charge in [0, 0.05) is 31.2 Å². The van der Waals surface area contributed by atoms with Crippen molar-refractivity contribution < 1.29 is 4.39 Å². The van der Waals surface area contributed by atoms with Gasteiger partial charge in [-0.2, -0.15) is 0 Å². The van der Waals surface area contributed by atoms with Crippen molar-refractivity contribution >= 4 is 5.82 Å². The number of anilines is 1. The van der Waals surface area contributed by atoms with E-state index >= 15 is 0 Å². The number of halogens is 1. The van der Waals surface area contributed by atoms with Gasteiger partial charge in [-0.3, -0.25) is 0 Å². The summed E-state index contributed by atoms with van der Waals surface area (Å²) in [6.45, 7) is 1.20. The van der Waals surface area contributed by atoms with E-state index in [9.17, 15) is 4.39 Å². The minimum absolute atomic E-state index is 0.219. The molecule has 0 aromatic carbocycles. The topological polar surface area (TPSA) is 45.4 Å². The van der Waals surface area contributed by atoms with Crippen LogP contribution in [0, 0.1) is 5.82 Å². The first-order valence-electron chi connectivity index (χ1n) is 6.71. The van der Waals surface area contributed by atoms with Gasteiger partial charge >= 0.3 is 0 Å². The molecule has 0 aliphatic heterocycles. The zero-order valence-electron chi connectivity index (χ0n) is 12.0. The Morgan fingerprint density at radius 2 is 2.05 bits per heavy atom. The number of nitrogens with two attached hydrogens (primary N) is 1. The molecule has 1 aliphatic rings. The lowest BCUT2D eigenvalue weighted by molar-refractivity contribution is 0.0681. The Labute approximate surface area is 114 Å². The van der Waals surface area contributed by atoms with Crippen molar-refractivity contribution in [3.8, 4) is 0 Å². The van der Waals surface area contributed by atoms with Crippen LogP contribution in [0.15, 0.2) is 12.3 Å². The molecule has 19 heavy (non-hydrogen) atoms. The van der Waals surface area contributed by atoms with Gasteiger partial charge in [0.15, 0.2) is 0 Å². The van der Waals surface area contributed by atoms with Crippen LogP contribution >= 0.6 is 0 Å². The minimum Gasteiger partial charge on any atom is -0.358 e. The van der Waals surface area contributed by atoms with Crippen molar-refractivity contribution in [2.45, 2.75) is 31.3 Å². The second kappa shape index (κ2) is 5.43. The summed E-state index contributed by atoms with van der Waals surface area (Å²) in [5.74, 6) is 0.459. The van der Waals surface area contributed by atoms with E-state index in [0.717, 1.165) is 17.9 Å². The maximum absolute atomic E-state index is 13.2. The second-order valence-electron chi connectivity index (χ2n) is 5.67. The molecule has 106 valence electrons. The predicted molar refractivity (Wildman–Crippen MR) is 75.6 cm³/mol. The van der Waals surface area contributed by atoms with Gasteiger partial charge in [-0.05, 0) is 39.4 Å². The van der Waals surface area contributed by atoms with E-state index in [2.05, 4.69) is 28.9 Å². The Morgan fingerprint density at radius 1 is 1.37 bits per heavy atom. The normalized spacial score (nSPS) is 17.4. The number of likely N-dealkylation sites (N-methyl/N-ethyl adjacent to an activating group) is 2. The maximum atomic E-state index is 13.2. The van der Waals surface area contributed by atoms with Crippen molar-refractivity contribution in [1.82, 2.24) is 9.88 Å². The molecule has 0 bridgehead atoms. The van der Waals surface area contributed by atoms with Crippen LogP contribution in [0.3, 0.4) is 0 Å². The number of aromatic nitrogens is 1. The van der Waals surface area contributed by atoms with Gasteiger partial charge in [0.2, 0.25) is 0 Å². The Balaban J connectivity index is 2.18. The Bertz CT molecular complexity index is 443. The molecule has 1 saturated carbocycles. The number of rotatable bonds is 5. The molecule has 4 nitrogen and oxygen atoms in total. The number of hydrogen-bond donors (Lipinski definition) is 1. The summed E-state index contributed by atoms with van der Waals surface area (Å²) >= 11 is 0. The molecule has 2 rings (SSSR count). The van der Waals surface area contributed by atoms with E-state index in [0.29, 0.717) is 6.54 Å². The molecule has 1 aromatic heterocycles. The Kier molecular flexibility index (Phi) is 4.06. The average molecular weight is 266 g/mol. The van der Waals surface area contributed by atoms with Crippen molar-refractivity contribution in [3.05, 3.63) is 23.6 Å². The van der Waals surface area contributed by atoms with Gasteiger partial charge < -0.3 is 15.5 Å². The molecule has 0 spiro atoms. The highest BCUT2D eigenvalue weighted by Crippen LogP contribution is 2.37. The van der Waals surface area contributed by atoms with Crippen molar-refractivity contribution in [1.29, 1.82) is 0 Å². The van der Waals surface area contributed by atoms with Crippen LogP contribution < -0.4 is 10.6 Å². The molecule has 0 radical (unpaired) electrons. The van der Waals surface area contributed by atoms with Crippen LogP contribution in [0.5, 0.6) is 0 Å². The summed E-state index contributed by atoms with van der Waals surface area (Å²) in [4.78, 5) is 8.59. The fourth-order valence-electron chi connectivity index (χ4n) is 2.82. The smallest absolute Gasteiger partial charge is 0.141 e. The van der Waals surface area contributed by atoms with Crippen LogP contribution in [0.1, 0.15) is 24.8 Å². The van der Waals surface area contributed by atoms with Crippen molar-refractivity contribution in [2.24, 2.45) is 5.73 Å². The van der Waals surface area contributed by atoms with Crippen LogP contribution in [-0.2, 0) is 6.54 Å². The number of hydrogen-bond acceptors (Lipinski definition) is 4. The van der Waals surface area contributed by atoms with Crippen molar-refractivity contribution in [2.75, 3.05) is 32.6 Å². The fourth-order valence-corrected chi connectivity index (χ4v) is 2.82. The molecule has 0 saturated heterocycles. The van der Waals surface area contributed by atoms with E-state index in [1.165, 1.54) is 31.5 Å². The molecule has 0 atom stereocenters. The molecular formula is C14H23FN4. The quantitative estimate of drug-likeness (QED) is 0.879. The Hall–Kier alpha value is -1.20. The van der Waals surface area contributed by atoms with Crippen LogP contribution in [0.25, 0.3) is 0 Å². The van der Waals surface area contributed by atoms with Crippen LogP contribution in [0.4, 0.5) is 10.2 Å². The lowest BCUT2D eigenvalue weighted by Gasteiger charge is -2.49. The molecule has 1 aliphatic carbocycles. The van der Waals surface area contributed by atoms with Crippen LogP contribution in [0.2, 0.25) is 0 Å². The average Bonchev–Trinajstić information content (AvgIpc) is 2.32. The summed E-state index contributed by atoms with van der Waals surface area (Å²) in [7, 11) is 6.24. The molecular weight excluding hydrogens is 243 g/mol. The highest BCUT2D eigenvalue weighted by atomic mass is 19.1. The van der Waals surface area contributed by atoms with E-state index in [4.69, 9.17) is 5.73 Å². The van der Waals surface area contributed by atoms with Crippen molar-refractivity contribution in [3.63, 3.8) is 0 Å². The lowest BCUT2D eigenvalue weighted by atomic mass is 9.75. The molecule has 5 heteroatoms. The molecule has 1 fully saturated rings. The molecule has 1 heterocycles.